The molecule has 0 aliphatic rings. The molecule has 0 aliphatic carbocycles. The van der Waals surface area contributed by atoms with Crippen molar-refractivity contribution in [3.63, 3.8) is 0 Å². The van der Waals surface area contributed by atoms with Crippen LogP contribution in [0.2, 0.25) is 0 Å². The van der Waals surface area contributed by atoms with E-state index in [-0.39, 0.29) is 16.9 Å². The molecule has 116 valence electrons. The van der Waals surface area contributed by atoms with Gasteiger partial charge in [0.25, 0.3) is 5.69 Å². The third kappa shape index (κ3) is 4.44. The summed E-state index contributed by atoms with van der Waals surface area (Å²) in [6, 6.07) is 2.75. The van der Waals surface area contributed by atoms with Crippen LogP contribution in [0.5, 0.6) is 0 Å². The minimum Gasteiger partial charge on any atom is -0.359 e. The largest absolute Gasteiger partial charge is 0.405 e. The van der Waals surface area contributed by atoms with Gasteiger partial charge in [-0.15, -0.1) is 0 Å². The lowest BCUT2D eigenvalue weighted by molar-refractivity contribution is -0.384. The molecular weight excluding hydrogens is 289 g/mol. The van der Waals surface area contributed by atoms with Crippen LogP contribution in [0.15, 0.2) is 18.2 Å². The van der Waals surface area contributed by atoms with Crippen LogP contribution in [0.4, 0.5) is 24.5 Å². The van der Waals surface area contributed by atoms with Crippen LogP contribution in [-0.4, -0.2) is 29.5 Å². The molecule has 5 nitrogen and oxygen atoms in total. The van der Waals surface area contributed by atoms with E-state index < -0.39 is 29.5 Å². The lowest BCUT2D eigenvalue weighted by Crippen LogP contribution is -2.39. The summed E-state index contributed by atoms with van der Waals surface area (Å²) in [7, 11) is 0. The number of hydrogen-bond acceptors (Lipinski definition) is 4. The van der Waals surface area contributed by atoms with E-state index in [2.05, 4.69) is 0 Å². The van der Waals surface area contributed by atoms with Crippen LogP contribution in [0.25, 0.3) is 0 Å². The monoisotopic (exact) mass is 304 g/mol. The van der Waals surface area contributed by atoms with Gasteiger partial charge in [0.2, 0.25) is 0 Å². The number of non-ortho nitro benzene ring substituents is 1. The second-order valence-electron chi connectivity index (χ2n) is 4.85. The van der Waals surface area contributed by atoms with Crippen molar-refractivity contribution in [2.45, 2.75) is 33.0 Å². The minimum absolute atomic E-state index is 0.0421. The number of benzene rings is 1. The molecule has 8 heteroatoms. The number of nitro groups is 1. The van der Waals surface area contributed by atoms with Crippen LogP contribution in [0.3, 0.4) is 0 Å². The first-order valence-electron chi connectivity index (χ1n) is 6.15. The molecular formula is C13H15F3N2O3. The summed E-state index contributed by atoms with van der Waals surface area (Å²) in [5, 5.41) is 10.7. The van der Waals surface area contributed by atoms with Gasteiger partial charge >= 0.3 is 6.18 Å². The maximum absolute atomic E-state index is 12.7. The Balaban J connectivity index is 3.37. The molecule has 0 saturated carbocycles. The molecule has 0 unspecified atom stereocenters. The van der Waals surface area contributed by atoms with E-state index in [4.69, 9.17) is 0 Å². The fourth-order valence-corrected chi connectivity index (χ4v) is 1.91. The lowest BCUT2D eigenvalue weighted by atomic mass is 10.1. The Hall–Kier alpha value is -2.12. The number of nitro benzene ring substituents is 1. The zero-order valence-electron chi connectivity index (χ0n) is 11.8. The van der Waals surface area contributed by atoms with E-state index in [1.165, 1.54) is 6.07 Å². The van der Waals surface area contributed by atoms with E-state index in [0.717, 1.165) is 24.0 Å². The van der Waals surface area contributed by atoms with Crippen molar-refractivity contribution < 1.29 is 22.9 Å². The molecule has 0 bridgehead atoms. The van der Waals surface area contributed by atoms with Gasteiger partial charge in [-0.1, -0.05) is 0 Å². The zero-order valence-corrected chi connectivity index (χ0v) is 11.8. The molecule has 1 aromatic carbocycles. The number of carbonyl (C=O) groups is 1. The Morgan fingerprint density at radius 2 is 1.95 bits per heavy atom. The summed E-state index contributed by atoms with van der Waals surface area (Å²) in [5.41, 5.74) is -0.387. The number of carbonyl (C=O) groups excluding carboxylic acids is 1. The summed E-state index contributed by atoms with van der Waals surface area (Å²) in [6.07, 6.45) is -4.44. The summed E-state index contributed by atoms with van der Waals surface area (Å²) in [6.45, 7) is 3.03. The standard InChI is InChI=1S/C13H15F3N2O3/c1-8(2)17(7-13(14,15)16)12-5-4-10(18(20)21)6-11(12)9(3)19/h4-6,8H,7H2,1-3H3. The van der Waals surface area contributed by atoms with Crippen molar-refractivity contribution in [1.82, 2.24) is 0 Å². The van der Waals surface area contributed by atoms with Crippen molar-refractivity contribution in [2.24, 2.45) is 0 Å². The predicted molar refractivity (Wildman–Crippen MR) is 71.6 cm³/mol. The molecule has 0 atom stereocenters. The van der Waals surface area contributed by atoms with Gasteiger partial charge in [-0.2, -0.15) is 13.2 Å². The first-order chi connectivity index (χ1) is 9.53. The molecule has 0 spiro atoms. The van der Waals surface area contributed by atoms with E-state index in [0.29, 0.717) is 0 Å². The second kappa shape index (κ2) is 6.11. The van der Waals surface area contributed by atoms with Crippen molar-refractivity contribution in [3.05, 3.63) is 33.9 Å². The van der Waals surface area contributed by atoms with E-state index in [1.807, 2.05) is 0 Å². The van der Waals surface area contributed by atoms with Crippen molar-refractivity contribution in [3.8, 4) is 0 Å². The summed E-state index contributed by atoms with van der Waals surface area (Å²) >= 11 is 0. The molecule has 1 aromatic rings. The maximum atomic E-state index is 12.7. The Morgan fingerprint density at radius 1 is 1.38 bits per heavy atom. The van der Waals surface area contributed by atoms with Gasteiger partial charge in [0.1, 0.15) is 6.54 Å². The maximum Gasteiger partial charge on any atom is 0.405 e. The number of ketones is 1. The van der Waals surface area contributed by atoms with Gasteiger partial charge in [-0.3, -0.25) is 14.9 Å². The Kier molecular flexibility index (Phi) is 4.93. The third-order valence-electron chi connectivity index (χ3n) is 2.85. The molecule has 0 N–H and O–H groups in total. The number of nitrogens with zero attached hydrogens (tertiary/aromatic N) is 2. The number of rotatable bonds is 5. The van der Waals surface area contributed by atoms with Crippen molar-refractivity contribution in [1.29, 1.82) is 0 Å². The molecule has 0 heterocycles. The highest BCUT2D eigenvalue weighted by Gasteiger charge is 2.33. The van der Waals surface area contributed by atoms with Gasteiger partial charge < -0.3 is 4.90 Å². The topological polar surface area (TPSA) is 63.4 Å². The zero-order chi connectivity index (χ0) is 16.4. The van der Waals surface area contributed by atoms with Crippen LogP contribution in [-0.2, 0) is 0 Å². The van der Waals surface area contributed by atoms with Gasteiger partial charge in [-0.05, 0) is 26.8 Å². The minimum atomic E-state index is -4.44. The number of alkyl halides is 3. The smallest absolute Gasteiger partial charge is 0.359 e. The molecule has 0 fully saturated rings. The van der Waals surface area contributed by atoms with Gasteiger partial charge in [-0.25, -0.2) is 0 Å². The summed E-state index contributed by atoms with van der Waals surface area (Å²) in [5.74, 6) is -0.526. The number of Topliss-reactive ketones (excluding diaryl/α,β-unsaturated/α-hetero) is 1. The first kappa shape index (κ1) is 16.9. The highest BCUT2D eigenvalue weighted by Crippen LogP contribution is 2.30. The first-order valence-corrected chi connectivity index (χ1v) is 6.15. The fourth-order valence-electron chi connectivity index (χ4n) is 1.91. The number of halogens is 3. The molecule has 0 aromatic heterocycles. The lowest BCUT2D eigenvalue weighted by Gasteiger charge is -2.31. The third-order valence-corrected chi connectivity index (χ3v) is 2.85. The number of anilines is 1. The quantitative estimate of drug-likeness (QED) is 0.474. The SMILES string of the molecule is CC(=O)c1cc([N+](=O)[O-])ccc1N(CC(F)(F)F)C(C)C. The molecule has 0 aliphatic heterocycles. The Morgan fingerprint density at radius 3 is 2.33 bits per heavy atom. The average molecular weight is 304 g/mol. The molecule has 21 heavy (non-hydrogen) atoms. The number of hydrogen-bond donors (Lipinski definition) is 0. The van der Waals surface area contributed by atoms with E-state index in [9.17, 15) is 28.1 Å². The Labute approximate surface area is 119 Å². The summed E-state index contributed by atoms with van der Waals surface area (Å²) < 4.78 is 38.0. The van der Waals surface area contributed by atoms with Crippen LogP contribution in [0.1, 0.15) is 31.1 Å². The highest BCUT2D eigenvalue weighted by molar-refractivity contribution is 6.00. The van der Waals surface area contributed by atoms with Gasteiger partial charge in [0.15, 0.2) is 5.78 Å². The highest BCUT2D eigenvalue weighted by atomic mass is 19.4. The molecule has 1 rings (SSSR count). The Bertz CT molecular complexity index is 556. The summed E-state index contributed by atoms with van der Waals surface area (Å²) in [4.78, 5) is 22.6. The van der Waals surface area contributed by atoms with Crippen molar-refractivity contribution in [2.75, 3.05) is 11.4 Å². The molecule has 0 amide bonds. The normalized spacial score (nSPS) is 11.6. The average Bonchev–Trinajstić information content (AvgIpc) is 2.33. The predicted octanol–water partition coefficient (Wildman–Crippen LogP) is 3.57. The van der Waals surface area contributed by atoms with E-state index >= 15 is 0 Å². The van der Waals surface area contributed by atoms with Crippen molar-refractivity contribution >= 4 is 17.2 Å². The van der Waals surface area contributed by atoms with Crippen LogP contribution < -0.4 is 4.90 Å². The molecule has 0 saturated heterocycles. The second-order valence-corrected chi connectivity index (χ2v) is 4.85. The van der Waals surface area contributed by atoms with E-state index in [1.54, 1.807) is 13.8 Å². The molecule has 0 radical (unpaired) electrons. The van der Waals surface area contributed by atoms with Gasteiger partial charge in [0, 0.05) is 29.4 Å². The van der Waals surface area contributed by atoms with Crippen LogP contribution in [0, 0.1) is 10.1 Å². The fraction of sp³-hybridized carbons (Fsp3) is 0.462. The van der Waals surface area contributed by atoms with Crippen LogP contribution >= 0.6 is 0 Å². The van der Waals surface area contributed by atoms with Gasteiger partial charge in [0.05, 0.1) is 4.92 Å².